The molecule has 4 heteroatoms. The zero-order chi connectivity index (χ0) is 13.5. The van der Waals surface area contributed by atoms with Crippen molar-refractivity contribution in [3.63, 3.8) is 0 Å². The van der Waals surface area contributed by atoms with Crippen LogP contribution in [0.1, 0.15) is 46.6 Å². The molecule has 0 fully saturated rings. The molecule has 102 valence electrons. The first-order valence-corrected chi connectivity index (χ1v) is 6.89. The molecule has 0 spiro atoms. The van der Waals surface area contributed by atoms with Gasteiger partial charge in [0.2, 0.25) is 5.95 Å². The molecule has 1 heterocycles. The molecular weight excluding hydrogens is 224 g/mol. The van der Waals surface area contributed by atoms with Crippen LogP contribution in [-0.4, -0.2) is 28.6 Å². The molecule has 0 saturated carbocycles. The van der Waals surface area contributed by atoms with Gasteiger partial charge in [0.05, 0.1) is 0 Å². The molecule has 1 aromatic rings. The number of nitrogens with one attached hydrogen (secondary N) is 1. The minimum Gasteiger partial charge on any atom is -0.338 e. The Morgan fingerprint density at radius 1 is 1.17 bits per heavy atom. The van der Waals surface area contributed by atoms with Gasteiger partial charge in [0.15, 0.2) is 0 Å². The van der Waals surface area contributed by atoms with E-state index in [4.69, 9.17) is 0 Å². The quantitative estimate of drug-likeness (QED) is 0.807. The molecule has 0 amide bonds. The zero-order valence-corrected chi connectivity index (χ0v) is 12.3. The van der Waals surface area contributed by atoms with Gasteiger partial charge in [-0.05, 0) is 20.3 Å². The second-order valence-corrected chi connectivity index (χ2v) is 4.97. The van der Waals surface area contributed by atoms with Gasteiger partial charge < -0.3 is 10.2 Å². The Kier molecular flexibility index (Phi) is 6.05. The van der Waals surface area contributed by atoms with E-state index in [0.717, 1.165) is 31.0 Å². The number of anilines is 1. The summed E-state index contributed by atoms with van der Waals surface area (Å²) < 4.78 is 0. The number of nitrogens with zero attached hydrogens (tertiary/aromatic N) is 3. The zero-order valence-electron chi connectivity index (χ0n) is 12.3. The Labute approximate surface area is 111 Å². The van der Waals surface area contributed by atoms with Crippen molar-refractivity contribution in [2.24, 2.45) is 0 Å². The van der Waals surface area contributed by atoms with Crippen molar-refractivity contribution in [3.05, 3.63) is 18.0 Å². The standard InChI is InChI=1S/C14H26N4/c1-6-12(5)18(7-2)14-16-9-13(10-17-14)8-15-11(3)4/h9-12,15H,6-8H2,1-5H3. The summed E-state index contributed by atoms with van der Waals surface area (Å²) in [5, 5.41) is 3.36. The third-order valence-electron chi connectivity index (χ3n) is 3.13. The Morgan fingerprint density at radius 3 is 2.22 bits per heavy atom. The SMILES string of the molecule is CCC(C)N(CC)c1ncc(CNC(C)C)cn1. The van der Waals surface area contributed by atoms with Crippen LogP contribution in [-0.2, 0) is 6.54 Å². The maximum absolute atomic E-state index is 4.47. The highest BCUT2D eigenvalue weighted by Gasteiger charge is 2.13. The van der Waals surface area contributed by atoms with E-state index in [2.05, 4.69) is 54.8 Å². The first-order valence-electron chi connectivity index (χ1n) is 6.89. The Bertz CT molecular complexity index is 334. The van der Waals surface area contributed by atoms with Crippen LogP contribution in [0, 0.1) is 0 Å². The van der Waals surface area contributed by atoms with Crippen molar-refractivity contribution in [2.75, 3.05) is 11.4 Å². The summed E-state index contributed by atoms with van der Waals surface area (Å²) in [5.74, 6) is 0.833. The lowest BCUT2D eigenvalue weighted by Crippen LogP contribution is -2.33. The van der Waals surface area contributed by atoms with Crippen LogP contribution in [0.15, 0.2) is 12.4 Å². The summed E-state index contributed by atoms with van der Waals surface area (Å²) in [6.07, 6.45) is 4.94. The molecular formula is C14H26N4. The molecule has 1 unspecified atom stereocenters. The first-order chi connectivity index (χ1) is 8.58. The Hall–Kier alpha value is -1.16. The third-order valence-corrected chi connectivity index (χ3v) is 3.13. The van der Waals surface area contributed by atoms with Gasteiger partial charge >= 0.3 is 0 Å². The lowest BCUT2D eigenvalue weighted by molar-refractivity contribution is 0.584. The van der Waals surface area contributed by atoms with Gasteiger partial charge in [0.25, 0.3) is 0 Å². The summed E-state index contributed by atoms with van der Waals surface area (Å²) in [6.45, 7) is 12.6. The molecule has 0 radical (unpaired) electrons. The highest BCUT2D eigenvalue weighted by Crippen LogP contribution is 2.12. The summed E-state index contributed by atoms with van der Waals surface area (Å²) in [5.41, 5.74) is 1.13. The van der Waals surface area contributed by atoms with Crippen molar-refractivity contribution >= 4 is 5.95 Å². The number of aromatic nitrogens is 2. The molecule has 0 aliphatic heterocycles. The summed E-state index contributed by atoms with van der Waals surface area (Å²) in [7, 11) is 0. The normalized spacial score (nSPS) is 12.8. The first kappa shape index (κ1) is 14.9. The lowest BCUT2D eigenvalue weighted by Gasteiger charge is -2.27. The summed E-state index contributed by atoms with van der Waals surface area (Å²) in [6, 6.07) is 0.964. The maximum Gasteiger partial charge on any atom is 0.225 e. The monoisotopic (exact) mass is 250 g/mol. The topological polar surface area (TPSA) is 41.1 Å². The van der Waals surface area contributed by atoms with E-state index in [9.17, 15) is 0 Å². The molecule has 0 saturated heterocycles. The summed E-state index contributed by atoms with van der Waals surface area (Å²) in [4.78, 5) is 11.2. The molecule has 0 bridgehead atoms. The second-order valence-electron chi connectivity index (χ2n) is 4.97. The van der Waals surface area contributed by atoms with Gasteiger partial charge in [-0.15, -0.1) is 0 Å². The van der Waals surface area contributed by atoms with Gasteiger partial charge in [-0.2, -0.15) is 0 Å². The molecule has 0 aliphatic rings. The summed E-state index contributed by atoms with van der Waals surface area (Å²) >= 11 is 0. The third kappa shape index (κ3) is 4.26. The minimum atomic E-state index is 0.481. The molecule has 0 aliphatic carbocycles. The molecule has 1 atom stereocenters. The fraction of sp³-hybridized carbons (Fsp3) is 0.714. The Balaban J connectivity index is 2.68. The number of hydrogen-bond donors (Lipinski definition) is 1. The fourth-order valence-corrected chi connectivity index (χ4v) is 1.78. The van der Waals surface area contributed by atoms with Crippen LogP contribution in [0.2, 0.25) is 0 Å². The van der Waals surface area contributed by atoms with Crippen molar-refractivity contribution in [1.29, 1.82) is 0 Å². The van der Waals surface area contributed by atoms with Gasteiger partial charge in [0, 0.05) is 43.1 Å². The van der Waals surface area contributed by atoms with Crippen molar-refractivity contribution < 1.29 is 0 Å². The van der Waals surface area contributed by atoms with E-state index in [-0.39, 0.29) is 0 Å². The van der Waals surface area contributed by atoms with Gasteiger partial charge in [-0.3, -0.25) is 0 Å². The van der Waals surface area contributed by atoms with Gasteiger partial charge in [0.1, 0.15) is 0 Å². The molecule has 4 nitrogen and oxygen atoms in total. The van der Waals surface area contributed by atoms with Crippen LogP contribution < -0.4 is 10.2 Å². The average molecular weight is 250 g/mol. The lowest BCUT2D eigenvalue weighted by atomic mass is 10.2. The smallest absolute Gasteiger partial charge is 0.225 e. The molecule has 1 aromatic heterocycles. The Morgan fingerprint density at radius 2 is 1.78 bits per heavy atom. The largest absolute Gasteiger partial charge is 0.338 e. The van der Waals surface area contributed by atoms with Crippen LogP contribution in [0.25, 0.3) is 0 Å². The van der Waals surface area contributed by atoms with E-state index in [1.165, 1.54) is 0 Å². The van der Waals surface area contributed by atoms with Crippen molar-refractivity contribution in [3.8, 4) is 0 Å². The van der Waals surface area contributed by atoms with E-state index < -0.39 is 0 Å². The van der Waals surface area contributed by atoms with Crippen molar-refractivity contribution in [1.82, 2.24) is 15.3 Å². The minimum absolute atomic E-state index is 0.481. The highest BCUT2D eigenvalue weighted by atomic mass is 15.3. The predicted octanol–water partition coefficient (Wildman–Crippen LogP) is 2.60. The highest BCUT2D eigenvalue weighted by molar-refractivity contribution is 5.31. The number of rotatable bonds is 7. The van der Waals surface area contributed by atoms with E-state index in [1.54, 1.807) is 0 Å². The molecule has 18 heavy (non-hydrogen) atoms. The molecule has 1 N–H and O–H groups in total. The number of hydrogen-bond acceptors (Lipinski definition) is 4. The fourth-order valence-electron chi connectivity index (χ4n) is 1.78. The van der Waals surface area contributed by atoms with Crippen LogP contribution in [0.4, 0.5) is 5.95 Å². The van der Waals surface area contributed by atoms with Crippen LogP contribution in [0.3, 0.4) is 0 Å². The van der Waals surface area contributed by atoms with Gasteiger partial charge in [-0.1, -0.05) is 20.8 Å². The van der Waals surface area contributed by atoms with Crippen molar-refractivity contribution in [2.45, 2.75) is 59.7 Å². The second kappa shape index (κ2) is 7.31. The van der Waals surface area contributed by atoms with Crippen LogP contribution in [0.5, 0.6) is 0 Å². The maximum atomic E-state index is 4.47. The van der Waals surface area contributed by atoms with Gasteiger partial charge in [-0.25, -0.2) is 9.97 Å². The average Bonchev–Trinajstić information content (AvgIpc) is 2.38. The van der Waals surface area contributed by atoms with E-state index in [0.29, 0.717) is 12.1 Å². The van der Waals surface area contributed by atoms with E-state index in [1.807, 2.05) is 12.4 Å². The van der Waals surface area contributed by atoms with Crippen LogP contribution >= 0.6 is 0 Å². The molecule has 0 aromatic carbocycles. The predicted molar refractivity (Wildman–Crippen MR) is 76.8 cm³/mol. The molecule has 1 rings (SSSR count). The van der Waals surface area contributed by atoms with E-state index >= 15 is 0 Å².